The molecular formula is C10H16N2O2. The quantitative estimate of drug-likeness (QED) is 0.354. The first-order valence-corrected chi connectivity index (χ1v) is 4.70. The van der Waals surface area contributed by atoms with Crippen molar-refractivity contribution >= 4 is 12.2 Å². The first-order valence-electron chi connectivity index (χ1n) is 4.70. The third kappa shape index (κ3) is 7.41. The Hall–Kier alpha value is -1.24. The van der Waals surface area contributed by atoms with Crippen molar-refractivity contribution in [1.82, 2.24) is 0 Å². The predicted octanol–water partition coefficient (Wildman–Crippen LogP) is 1.85. The van der Waals surface area contributed by atoms with Crippen molar-refractivity contribution in [2.24, 2.45) is 15.4 Å². The van der Waals surface area contributed by atoms with Gasteiger partial charge in [-0.25, -0.2) is 19.6 Å². The molecule has 0 amide bonds. The van der Waals surface area contributed by atoms with Crippen molar-refractivity contribution in [3.63, 3.8) is 0 Å². The zero-order chi connectivity index (χ0) is 10.9. The molecule has 0 radical (unpaired) electrons. The molecule has 14 heavy (non-hydrogen) atoms. The summed E-state index contributed by atoms with van der Waals surface area (Å²) in [5.41, 5.74) is 0.0301. The third-order valence-corrected chi connectivity index (χ3v) is 2.01. The molecule has 0 atom stereocenters. The van der Waals surface area contributed by atoms with E-state index in [0.717, 1.165) is 19.3 Å². The second-order valence-electron chi connectivity index (χ2n) is 4.00. The lowest BCUT2D eigenvalue weighted by Crippen LogP contribution is -2.15. The molecule has 0 aliphatic rings. The van der Waals surface area contributed by atoms with Crippen LogP contribution in [0.3, 0.4) is 0 Å². The van der Waals surface area contributed by atoms with E-state index in [0.29, 0.717) is 13.1 Å². The minimum atomic E-state index is 0.0301. The second kappa shape index (κ2) is 7.19. The molecule has 0 saturated carbocycles. The number of aliphatic imine (C=N–C) groups is 2. The average Bonchev–Trinajstić information content (AvgIpc) is 2.15. The van der Waals surface area contributed by atoms with E-state index in [4.69, 9.17) is 0 Å². The maximum absolute atomic E-state index is 9.92. The summed E-state index contributed by atoms with van der Waals surface area (Å²) in [5, 5.41) is 0. The fourth-order valence-corrected chi connectivity index (χ4v) is 1.17. The third-order valence-electron chi connectivity index (χ3n) is 2.01. The van der Waals surface area contributed by atoms with Gasteiger partial charge in [0.25, 0.3) is 0 Å². The van der Waals surface area contributed by atoms with Gasteiger partial charge in [-0.2, -0.15) is 0 Å². The van der Waals surface area contributed by atoms with Crippen LogP contribution in [0.25, 0.3) is 0 Å². The maximum atomic E-state index is 9.92. The highest BCUT2D eigenvalue weighted by Gasteiger charge is 2.16. The molecule has 4 nitrogen and oxygen atoms in total. The molecule has 0 rings (SSSR count). The Bertz CT molecular complexity index is 249. The van der Waals surface area contributed by atoms with Gasteiger partial charge in [-0.05, 0) is 18.3 Å². The van der Waals surface area contributed by atoms with Gasteiger partial charge in [0, 0.05) is 0 Å². The van der Waals surface area contributed by atoms with E-state index in [1.807, 2.05) is 0 Å². The van der Waals surface area contributed by atoms with Gasteiger partial charge >= 0.3 is 0 Å². The summed E-state index contributed by atoms with van der Waals surface area (Å²) in [6.07, 6.45) is 5.87. The van der Waals surface area contributed by atoms with E-state index in [1.165, 1.54) is 12.2 Å². The molecule has 78 valence electrons. The highest BCUT2D eigenvalue weighted by atomic mass is 16.1. The molecule has 0 fully saturated rings. The Morgan fingerprint density at radius 2 is 1.71 bits per heavy atom. The van der Waals surface area contributed by atoms with E-state index >= 15 is 0 Å². The van der Waals surface area contributed by atoms with Crippen LogP contribution in [0.4, 0.5) is 0 Å². The number of hydrogen-bond acceptors (Lipinski definition) is 4. The van der Waals surface area contributed by atoms with E-state index in [1.54, 1.807) is 0 Å². The van der Waals surface area contributed by atoms with Gasteiger partial charge < -0.3 is 0 Å². The number of unbranched alkanes of at least 4 members (excludes halogenated alkanes) is 1. The summed E-state index contributed by atoms with van der Waals surface area (Å²) in [4.78, 5) is 26.7. The van der Waals surface area contributed by atoms with Crippen LogP contribution in [0, 0.1) is 5.41 Å². The van der Waals surface area contributed by atoms with Crippen molar-refractivity contribution in [3.05, 3.63) is 0 Å². The largest absolute Gasteiger partial charge is 0.234 e. The minimum absolute atomic E-state index is 0.0301. The summed E-state index contributed by atoms with van der Waals surface area (Å²) < 4.78 is 0. The van der Waals surface area contributed by atoms with Crippen molar-refractivity contribution in [2.75, 3.05) is 13.1 Å². The Balaban J connectivity index is 3.64. The van der Waals surface area contributed by atoms with E-state index in [-0.39, 0.29) is 5.41 Å². The first kappa shape index (κ1) is 12.8. The maximum Gasteiger partial charge on any atom is 0.234 e. The molecule has 0 aromatic heterocycles. The molecule has 0 aromatic rings. The van der Waals surface area contributed by atoms with Gasteiger partial charge in [0.15, 0.2) is 0 Å². The fourth-order valence-electron chi connectivity index (χ4n) is 1.17. The Labute approximate surface area is 84.1 Å². The fraction of sp³-hybridized carbons (Fsp3) is 0.800. The molecule has 0 unspecified atom stereocenters. The normalized spacial score (nSPS) is 10.1. The van der Waals surface area contributed by atoms with Crippen LogP contribution in [0.15, 0.2) is 9.98 Å². The Kier molecular flexibility index (Phi) is 6.55. The molecule has 0 N–H and O–H groups in total. The monoisotopic (exact) mass is 196 g/mol. The molecule has 0 aromatic carbocycles. The van der Waals surface area contributed by atoms with E-state index in [2.05, 4.69) is 23.8 Å². The lowest BCUT2D eigenvalue weighted by molar-refractivity contribution is 0.334. The molecule has 0 aliphatic heterocycles. The van der Waals surface area contributed by atoms with E-state index in [9.17, 15) is 9.59 Å². The number of hydrogen-bond donors (Lipinski definition) is 0. The van der Waals surface area contributed by atoms with Crippen LogP contribution < -0.4 is 0 Å². The van der Waals surface area contributed by atoms with Gasteiger partial charge in [-0.1, -0.05) is 20.3 Å². The zero-order valence-electron chi connectivity index (χ0n) is 8.75. The van der Waals surface area contributed by atoms with Gasteiger partial charge in [0.2, 0.25) is 12.2 Å². The van der Waals surface area contributed by atoms with Crippen LogP contribution in [0.1, 0.15) is 33.1 Å². The van der Waals surface area contributed by atoms with Gasteiger partial charge in [0.05, 0.1) is 13.1 Å². The smallest absolute Gasteiger partial charge is 0.211 e. The SMILES string of the molecule is CC(C)(CCCCN=C=O)CN=C=O. The summed E-state index contributed by atoms with van der Waals surface area (Å²) in [7, 11) is 0. The first-order chi connectivity index (χ1) is 6.62. The molecule has 0 bridgehead atoms. The number of isocyanates is 2. The zero-order valence-corrected chi connectivity index (χ0v) is 8.75. The summed E-state index contributed by atoms with van der Waals surface area (Å²) in [6.45, 7) is 5.15. The summed E-state index contributed by atoms with van der Waals surface area (Å²) in [5.74, 6) is 0. The number of nitrogens with zero attached hydrogens (tertiary/aromatic N) is 2. The molecule has 0 spiro atoms. The lowest BCUT2D eigenvalue weighted by Gasteiger charge is -2.20. The van der Waals surface area contributed by atoms with Gasteiger partial charge in [-0.3, -0.25) is 0 Å². The van der Waals surface area contributed by atoms with Crippen LogP contribution >= 0.6 is 0 Å². The van der Waals surface area contributed by atoms with E-state index < -0.39 is 0 Å². The highest BCUT2D eigenvalue weighted by molar-refractivity contribution is 5.33. The highest BCUT2D eigenvalue weighted by Crippen LogP contribution is 2.23. The standard InChI is InChI=1S/C10H16N2O2/c1-10(2,7-12-9-14)5-3-4-6-11-8-13/h3-7H2,1-2H3. The van der Waals surface area contributed by atoms with Crippen LogP contribution in [-0.2, 0) is 9.59 Å². The average molecular weight is 196 g/mol. The molecule has 0 aliphatic carbocycles. The van der Waals surface area contributed by atoms with Crippen LogP contribution in [0.2, 0.25) is 0 Å². The van der Waals surface area contributed by atoms with Crippen molar-refractivity contribution in [1.29, 1.82) is 0 Å². The minimum Gasteiger partial charge on any atom is -0.211 e. The van der Waals surface area contributed by atoms with Crippen molar-refractivity contribution in [2.45, 2.75) is 33.1 Å². The predicted molar refractivity (Wildman–Crippen MR) is 53.6 cm³/mol. The summed E-state index contributed by atoms with van der Waals surface area (Å²) in [6, 6.07) is 0. The Morgan fingerprint density at radius 1 is 1.07 bits per heavy atom. The number of rotatable bonds is 7. The molecular weight excluding hydrogens is 180 g/mol. The molecule has 4 heteroatoms. The van der Waals surface area contributed by atoms with Gasteiger partial charge in [-0.15, -0.1) is 0 Å². The number of carbonyl (C=O) groups excluding carboxylic acids is 2. The van der Waals surface area contributed by atoms with Gasteiger partial charge in [0.1, 0.15) is 0 Å². The Morgan fingerprint density at radius 3 is 2.29 bits per heavy atom. The topological polar surface area (TPSA) is 58.9 Å². The molecule has 0 saturated heterocycles. The summed E-state index contributed by atoms with van der Waals surface area (Å²) >= 11 is 0. The van der Waals surface area contributed by atoms with Crippen LogP contribution in [-0.4, -0.2) is 25.2 Å². The van der Waals surface area contributed by atoms with Crippen LogP contribution in [0.5, 0.6) is 0 Å². The molecule has 0 heterocycles. The lowest BCUT2D eigenvalue weighted by atomic mass is 9.87. The second-order valence-corrected chi connectivity index (χ2v) is 4.00. The van der Waals surface area contributed by atoms with Crippen molar-refractivity contribution in [3.8, 4) is 0 Å². The van der Waals surface area contributed by atoms with Crippen molar-refractivity contribution < 1.29 is 9.59 Å².